The number of hydrogen-bond acceptors (Lipinski definition) is 4. The zero-order chi connectivity index (χ0) is 19.5. The van der Waals surface area contributed by atoms with E-state index in [0.29, 0.717) is 11.0 Å². The number of benzene rings is 3. The van der Waals surface area contributed by atoms with Crippen molar-refractivity contribution in [3.8, 4) is 11.4 Å². The number of amides is 1. The summed E-state index contributed by atoms with van der Waals surface area (Å²) in [6.45, 7) is 3.90. The number of carbonyl (C=O) groups excluding carboxylic acids is 1. The lowest BCUT2D eigenvalue weighted by molar-refractivity contribution is -0.115. The molecule has 0 saturated heterocycles. The molecule has 3 aromatic carbocycles. The van der Waals surface area contributed by atoms with Crippen LogP contribution in [-0.4, -0.2) is 26.3 Å². The van der Waals surface area contributed by atoms with Gasteiger partial charge in [-0.2, -0.15) is 0 Å². The highest BCUT2D eigenvalue weighted by Crippen LogP contribution is 2.26. The molecule has 0 radical (unpaired) electrons. The molecule has 4 aromatic rings. The molecule has 6 heteroatoms. The molecule has 28 heavy (non-hydrogen) atoms. The maximum Gasteiger partial charge on any atom is 0.237 e. The Labute approximate surface area is 167 Å². The number of anilines is 1. The highest BCUT2D eigenvalue weighted by Gasteiger charge is 2.18. The number of aromatic amines is 1. The van der Waals surface area contributed by atoms with Gasteiger partial charge in [0, 0.05) is 16.6 Å². The van der Waals surface area contributed by atoms with Gasteiger partial charge in [-0.3, -0.25) is 9.89 Å². The smallest absolute Gasteiger partial charge is 0.237 e. The van der Waals surface area contributed by atoms with E-state index in [1.54, 1.807) is 0 Å². The lowest BCUT2D eigenvalue weighted by Crippen LogP contribution is -2.22. The largest absolute Gasteiger partial charge is 0.325 e. The fourth-order valence-corrected chi connectivity index (χ4v) is 3.64. The van der Waals surface area contributed by atoms with Crippen LogP contribution in [0.25, 0.3) is 22.2 Å². The van der Waals surface area contributed by atoms with E-state index in [0.717, 1.165) is 22.0 Å². The maximum absolute atomic E-state index is 12.7. The predicted molar refractivity (Wildman–Crippen MR) is 114 cm³/mol. The quantitative estimate of drug-likeness (QED) is 0.469. The van der Waals surface area contributed by atoms with Crippen molar-refractivity contribution >= 4 is 34.1 Å². The first-order chi connectivity index (χ1) is 13.6. The Hall–Kier alpha value is -3.12. The molecule has 1 amide bonds. The van der Waals surface area contributed by atoms with Crippen molar-refractivity contribution in [3.63, 3.8) is 0 Å². The van der Waals surface area contributed by atoms with Crippen molar-refractivity contribution < 1.29 is 4.79 Å². The number of nitrogens with one attached hydrogen (secondary N) is 2. The number of nitrogens with zero attached hydrogens (tertiary/aromatic N) is 2. The number of rotatable bonds is 5. The van der Waals surface area contributed by atoms with Crippen LogP contribution in [0, 0.1) is 6.92 Å². The van der Waals surface area contributed by atoms with Gasteiger partial charge in [-0.25, -0.2) is 4.98 Å². The molecule has 0 spiro atoms. The van der Waals surface area contributed by atoms with Crippen LogP contribution in [0.4, 0.5) is 5.69 Å². The predicted octanol–water partition coefficient (Wildman–Crippen LogP) is 5.05. The SMILES string of the molecule is Cc1ccc(-c2nc(S[C@H](C)C(=O)Nc3cccc4ccccc34)n[nH]2)cc1. The van der Waals surface area contributed by atoms with Crippen molar-refractivity contribution in [3.05, 3.63) is 72.3 Å². The van der Waals surface area contributed by atoms with E-state index >= 15 is 0 Å². The Morgan fingerprint density at radius 1 is 1.04 bits per heavy atom. The summed E-state index contributed by atoms with van der Waals surface area (Å²) < 4.78 is 0. The molecule has 0 aliphatic rings. The zero-order valence-electron chi connectivity index (χ0n) is 15.6. The van der Waals surface area contributed by atoms with Gasteiger partial charge in [0.25, 0.3) is 0 Å². The molecule has 0 fully saturated rings. The number of aryl methyl sites for hydroxylation is 1. The summed E-state index contributed by atoms with van der Waals surface area (Å²) in [5.41, 5.74) is 2.97. The highest BCUT2D eigenvalue weighted by molar-refractivity contribution is 8.00. The lowest BCUT2D eigenvalue weighted by atomic mass is 10.1. The minimum Gasteiger partial charge on any atom is -0.325 e. The van der Waals surface area contributed by atoms with Crippen LogP contribution in [-0.2, 0) is 4.79 Å². The average molecular weight is 388 g/mol. The Morgan fingerprint density at radius 2 is 1.79 bits per heavy atom. The zero-order valence-corrected chi connectivity index (χ0v) is 16.5. The van der Waals surface area contributed by atoms with E-state index in [4.69, 9.17) is 0 Å². The molecule has 1 aromatic heterocycles. The summed E-state index contributed by atoms with van der Waals surface area (Å²) >= 11 is 1.33. The molecule has 1 heterocycles. The van der Waals surface area contributed by atoms with Crippen LogP contribution < -0.4 is 5.32 Å². The summed E-state index contributed by atoms with van der Waals surface area (Å²) in [5, 5.41) is 12.5. The molecule has 1 atom stereocenters. The average Bonchev–Trinajstić information content (AvgIpc) is 3.17. The Morgan fingerprint density at radius 3 is 2.61 bits per heavy atom. The number of aromatic nitrogens is 3. The summed E-state index contributed by atoms with van der Waals surface area (Å²) in [4.78, 5) is 17.2. The van der Waals surface area contributed by atoms with E-state index in [-0.39, 0.29) is 11.2 Å². The third-order valence-electron chi connectivity index (χ3n) is 4.49. The number of carbonyl (C=O) groups is 1. The molecular formula is C22H20N4OS. The van der Waals surface area contributed by atoms with Gasteiger partial charge >= 0.3 is 0 Å². The van der Waals surface area contributed by atoms with Gasteiger partial charge in [-0.1, -0.05) is 78.0 Å². The van der Waals surface area contributed by atoms with E-state index in [1.165, 1.54) is 17.3 Å². The minimum atomic E-state index is -0.333. The van der Waals surface area contributed by atoms with E-state index in [9.17, 15) is 4.79 Å². The van der Waals surface area contributed by atoms with Crippen molar-refractivity contribution in [1.29, 1.82) is 0 Å². The lowest BCUT2D eigenvalue weighted by Gasteiger charge is -2.12. The summed E-state index contributed by atoms with van der Waals surface area (Å²) in [5.74, 6) is 0.618. The third kappa shape index (κ3) is 3.92. The maximum atomic E-state index is 12.7. The fraction of sp³-hybridized carbons (Fsp3) is 0.136. The van der Waals surface area contributed by atoms with Gasteiger partial charge in [-0.15, -0.1) is 5.10 Å². The van der Waals surface area contributed by atoms with Gasteiger partial charge in [0.15, 0.2) is 5.82 Å². The number of hydrogen-bond donors (Lipinski definition) is 2. The summed E-state index contributed by atoms with van der Waals surface area (Å²) in [7, 11) is 0. The van der Waals surface area contributed by atoms with Crippen LogP contribution in [0.5, 0.6) is 0 Å². The minimum absolute atomic E-state index is 0.0805. The molecule has 5 nitrogen and oxygen atoms in total. The third-order valence-corrected chi connectivity index (χ3v) is 5.45. The summed E-state index contributed by atoms with van der Waals surface area (Å²) in [6, 6.07) is 22.0. The van der Waals surface area contributed by atoms with Gasteiger partial charge in [0.2, 0.25) is 11.1 Å². The Balaban J connectivity index is 1.45. The number of H-pyrrole nitrogens is 1. The van der Waals surface area contributed by atoms with Crippen molar-refractivity contribution in [2.75, 3.05) is 5.32 Å². The molecule has 0 aliphatic heterocycles. The van der Waals surface area contributed by atoms with Gasteiger partial charge in [0.05, 0.1) is 5.25 Å². The second kappa shape index (κ2) is 7.86. The molecule has 0 bridgehead atoms. The first-order valence-electron chi connectivity index (χ1n) is 9.05. The van der Waals surface area contributed by atoms with Gasteiger partial charge in [0.1, 0.15) is 0 Å². The Bertz CT molecular complexity index is 1120. The molecule has 4 rings (SSSR count). The molecule has 140 valence electrons. The van der Waals surface area contributed by atoms with Crippen LogP contribution in [0.3, 0.4) is 0 Å². The normalized spacial score (nSPS) is 12.1. The number of fused-ring (bicyclic) bond motifs is 1. The van der Waals surface area contributed by atoms with Crippen LogP contribution in [0.2, 0.25) is 0 Å². The topological polar surface area (TPSA) is 70.7 Å². The second-order valence-corrected chi connectivity index (χ2v) is 7.92. The monoisotopic (exact) mass is 388 g/mol. The highest BCUT2D eigenvalue weighted by atomic mass is 32.2. The summed E-state index contributed by atoms with van der Waals surface area (Å²) in [6.07, 6.45) is 0. The molecule has 0 saturated carbocycles. The van der Waals surface area contributed by atoms with Crippen molar-refractivity contribution in [2.45, 2.75) is 24.3 Å². The molecule has 0 unspecified atom stereocenters. The standard InChI is InChI=1S/C22H20N4OS/c1-14-10-12-17(13-11-14)20-24-22(26-25-20)28-15(2)21(27)23-19-9-5-7-16-6-3-4-8-18(16)19/h3-13,15H,1-2H3,(H,23,27)(H,24,25,26)/t15-/m1/s1. The number of thioether (sulfide) groups is 1. The molecule has 2 N–H and O–H groups in total. The van der Waals surface area contributed by atoms with E-state index in [2.05, 4.69) is 20.5 Å². The Kier molecular flexibility index (Phi) is 5.12. The van der Waals surface area contributed by atoms with E-state index in [1.807, 2.05) is 80.6 Å². The first kappa shape index (κ1) is 18.3. The van der Waals surface area contributed by atoms with Crippen molar-refractivity contribution in [2.24, 2.45) is 0 Å². The van der Waals surface area contributed by atoms with Crippen LogP contribution >= 0.6 is 11.8 Å². The first-order valence-corrected chi connectivity index (χ1v) is 9.93. The van der Waals surface area contributed by atoms with Crippen LogP contribution in [0.1, 0.15) is 12.5 Å². The van der Waals surface area contributed by atoms with Crippen molar-refractivity contribution in [1.82, 2.24) is 15.2 Å². The van der Waals surface area contributed by atoms with Gasteiger partial charge in [-0.05, 0) is 25.3 Å². The second-order valence-electron chi connectivity index (χ2n) is 6.61. The fourth-order valence-electron chi connectivity index (χ4n) is 2.92. The van der Waals surface area contributed by atoms with E-state index < -0.39 is 0 Å². The van der Waals surface area contributed by atoms with Gasteiger partial charge < -0.3 is 5.32 Å². The molecule has 0 aliphatic carbocycles. The van der Waals surface area contributed by atoms with Crippen LogP contribution in [0.15, 0.2) is 71.9 Å². The molecular weight excluding hydrogens is 368 g/mol.